The van der Waals surface area contributed by atoms with Crippen LogP contribution in [0.5, 0.6) is 17.2 Å². The number of benzene rings is 2. The fourth-order valence-corrected chi connectivity index (χ4v) is 4.29. The van der Waals surface area contributed by atoms with Crippen LogP contribution in [0.2, 0.25) is 0 Å². The second kappa shape index (κ2) is 11.9. The van der Waals surface area contributed by atoms with Crippen LogP contribution in [0.1, 0.15) is 84.9 Å². The average molecular weight is 573 g/mol. The summed E-state index contributed by atoms with van der Waals surface area (Å²) < 4.78 is 33.1. The van der Waals surface area contributed by atoms with Crippen LogP contribution in [0.3, 0.4) is 0 Å². The number of aromatic hydroxyl groups is 1. The summed E-state index contributed by atoms with van der Waals surface area (Å²) in [7, 11) is 0. The number of carbonyl (C=O) groups excluding carboxylic acids is 3. The van der Waals surface area contributed by atoms with E-state index in [1.165, 1.54) is 6.07 Å². The lowest BCUT2D eigenvalue weighted by Crippen LogP contribution is -2.36. The highest BCUT2D eigenvalue weighted by Crippen LogP contribution is 2.44. The summed E-state index contributed by atoms with van der Waals surface area (Å²) >= 11 is 0. The van der Waals surface area contributed by atoms with Gasteiger partial charge in [-0.15, -0.1) is 0 Å². The molecule has 3 rings (SSSR count). The van der Waals surface area contributed by atoms with Crippen LogP contribution in [-0.4, -0.2) is 46.5 Å². The van der Waals surface area contributed by atoms with E-state index in [2.05, 4.69) is 0 Å². The molecule has 0 radical (unpaired) electrons. The van der Waals surface area contributed by atoms with Gasteiger partial charge in [0.1, 0.15) is 28.7 Å². The van der Waals surface area contributed by atoms with Crippen LogP contribution in [0.25, 0.3) is 0 Å². The Balaban J connectivity index is 2.09. The first-order chi connectivity index (χ1) is 18.8. The van der Waals surface area contributed by atoms with Crippen molar-refractivity contribution >= 4 is 18.5 Å². The van der Waals surface area contributed by atoms with Gasteiger partial charge in [0.15, 0.2) is 11.5 Å². The van der Waals surface area contributed by atoms with Crippen molar-refractivity contribution in [3.05, 3.63) is 53.1 Å². The lowest BCUT2D eigenvalue weighted by Gasteiger charge is -2.34. The lowest BCUT2D eigenvalue weighted by atomic mass is 9.77. The predicted molar refractivity (Wildman–Crippen MR) is 150 cm³/mol. The third-order valence-electron chi connectivity index (χ3n) is 5.70. The summed E-state index contributed by atoms with van der Waals surface area (Å²) in [4.78, 5) is 38.2. The first-order valence-electron chi connectivity index (χ1n) is 13.4. The van der Waals surface area contributed by atoms with Crippen molar-refractivity contribution in [3.63, 3.8) is 0 Å². The van der Waals surface area contributed by atoms with Gasteiger partial charge in [0.25, 0.3) is 0 Å². The van der Waals surface area contributed by atoms with E-state index in [1.54, 1.807) is 92.6 Å². The Bertz CT molecular complexity index is 1280. The predicted octanol–water partition coefficient (Wildman–Crippen LogP) is 7.22. The maximum atomic E-state index is 12.8. The van der Waals surface area contributed by atoms with Gasteiger partial charge < -0.3 is 33.5 Å². The normalized spacial score (nSPS) is 17.1. The van der Waals surface area contributed by atoms with E-state index in [4.69, 9.17) is 28.4 Å². The van der Waals surface area contributed by atoms with Crippen molar-refractivity contribution in [3.8, 4) is 17.2 Å². The standard InChI is InChI=1S/C31H40O10/c1-29(2,3)39-26(33)36-23-12-10-11-21(25(23)38-28(35)41-31(7,8)9)22-16-19-15-20(32)14-13-18(19)17-24(22)37-27(34)40-30(4,5)6/h10-15,22,24,32H,16-17H2,1-9H3/t22-,24+/m1/s1. The van der Waals surface area contributed by atoms with Crippen LogP contribution in [0.4, 0.5) is 14.4 Å². The highest BCUT2D eigenvalue weighted by atomic mass is 16.8. The molecule has 2 aromatic rings. The van der Waals surface area contributed by atoms with Crippen molar-refractivity contribution in [2.24, 2.45) is 0 Å². The number of carbonyl (C=O) groups is 3. The monoisotopic (exact) mass is 572 g/mol. The molecule has 0 fully saturated rings. The molecule has 1 aliphatic rings. The van der Waals surface area contributed by atoms with Gasteiger partial charge in [0.2, 0.25) is 0 Å². The van der Waals surface area contributed by atoms with E-state index in [9.17, 15) is 19.5 Å². The molecule has 224 valence electrons. The summed E-state index contributed by atoms with van der Waals surface area (Å²) in [6, 6.07) is 9.74. The van der Waals surface area contributed by atoms with Gasteiger partial charge in [-0.05, 0) is 98.1 Å². The summed E-state index contributed by atoms with van der Waals surface area (Å²) in [5, 5.41) is 10.1. The Morgan fingerprint density at radius 1 is 0.707 bits per heavy atom. The zero-order valence-corrected chi connectivity index (χ0v) is 25.2. The molecule has 2 atom stereocenters. The van der Waals surface area contributed by atoms with Gasteiger partial charge in [-0.25, -0.2) is 14.4 Å². The average Bonchev–Trinajstić information content (AvgIpc) is 2.76. The molecule has 10 heteroatoms. The number of phenols is 1. The van der Waals surface area contributed by atoms with Gasteiger partial charge in [-0.2, -0.15) is 0 Å². The molecule has 0 spiro atoms. The molecule has 0 bridgehead atoms. The lowest BCUT2D eigenvalue weighted by molar-refractivity contribution is -0.0338. The molecule has 41 heavy (non-hydrogen) atoms. The van der Waals surface area contributed by atoms with Crippen molar-refractivity contribution in [2.75, 3.05) is 0 Å². The van der Waals surface area contributed by atoms with Crippen molar-refractivity contribution in [1.82, 2.24) is 0 Å². The number of fused-ring (bicyclic) bond motifs is 1. The minimum absolute atomic E-state index is 0.0830. The minimum Gasteiger partial charge on any atom is -0.508 e. The van der Waals surface area contributed by atoms with Crippen LogP contribution in [-0.2, 0) is 31.8 Å². The highest BCUT2D eigenvalue weighted by molar-refractivity contribution is 5.71. The van der Waals surface area contributed by atoms with Gasteiger partial charge in [-0.1, -0.05) is 18.2 Å². The van der Waals surface area contributed by atoms with Crippen LogP contribution < -0.4 is 9.47 Å². The first kappa shape index (κ1) is 31.6. The summed E-state index contributed by atoms with van der Waals surface area (Å²) in [5.74, 6) is -0.669. The summed E-state index contributed by atoms with van der Waals surface area (Å²) in [6.45, 7) is 15.3. The Morgan fingerprint density at radius 3 is 1.85 bits per heavy atom. The van der Waals surface area contributed by atoms with Crippen molar-refractivity contribution < 1.29 is 47.9 Å². The maximum Gasteiger partial charge on any atom is 0.514 e. The molecular weight excluding hydrogens is 532 g/mol. The maximum absolute atomic E-state index is 12.8. The van der Waals surface area contributed by atoms with E-state index >= 15 is 0 Å². The second-order valence-electron chi connectivity index (χ2n) is 12.9. The van der Waals surface area contributed by atoms with E-state index < -0.39 is 47.3 Å². The highest BCUT2D eigenvalue weighted by Gasteiger charge is 2.37. The van der Waals surface area contributed by atoms with E-state index in [0.717, 1.165) is 11.1 Å². The largest absolute Gasteiger partial charge is 0.514 e. The quantitative estimate of drug-likeness (QED) is 0.228. The van der Waals surface area contributed by atoms with E-state index in [1.807, 2.05) is 0 Å². The molecule has 0 amide bonds. The molecular formula is C31H40O10. The Kier molecular flexibility index (Phi) is 9.15. The molecule has 0 aliphatic heterocycles. The molecule has 0 aromatic heterocycles. The molecule has 1 N–H and O–H groups in total. The van der Waals surface area contributed by atoms with Gasteiger partial charge in [-0.3, -0.25) is 0 Å². The molecule has 0 heterocycles. The van der Waals surface area contributed by atoms with Gasteiger partial charge in [0, 0.05) is 17.9 Å². The molecule has 0 unspecified atom stereocenters. The molecule has 1 aliphatic carbocycles. The number of ether oxygens (including phenoxy) is 6. The fraction of sp³-hybridized carbons (Fsp3) is 0.516. The third-order valence-corrected chi connectivity index (χ3v) is 5.70. The van der Waals surface area contributed by atoms with Crippen molar-refractivity contribution in [2.45, 2.75) is 104 Å². The van der Waals surface area contributed by atoms with Crippen LogP contribution in [0, 0.1) is 0 Å². The van der Waals surface area contributed by atoms with Crippen LogP contribution in [0.15, 0.2) is 36.4 Å². The number of hydrogen-bond acceptors (Lipinski definition) is 10. The molecule has 0 saturated heterocycles. The number of para-hydroxylation sites is 1. The molecule has 0 saturated carbocycles. The Labute approximate surface area is 240 Å². The number of phenolic OH excluding ortho intramolecular Hbond substituents is 1. The first-order valence-corrected chi connectivity index (χ1v) is 13.4. The minimum atomic E-state index is -1.02. The van der Waals surface area contributed by atoms with Gasteiger partial charge >= 0.3 is 18.5 Å². The van der Waals surface area contributed by atoms with E-state index in [0.29, 0.717) is 18.4 Å². The number of hydrogen-bond donors (Lipinski definition) is 1. The Hall–Kier alpha value is -3.95. The smallest absolute Gasteiger partial charge is 0.508 e. The summed E-state index contributed by atoms with van der Waals surface area (Å²) in [6.07, 6.45) is -3.02. The zero-order valence-electron chi connectivity index (χ0n) is 25.2. The van der Waals surface area contributed by atoms with E-state index in [-0.39, 0.29) is 17.2 Å². The number of rotatable bonds is 4. The van der Waals surface area contributed by atoms with Crippen LogP contribution >= 0.6 is 0 Å². The SMILES string of the molecule is CC(C)(C)OC(=O)Oc1cccc([C@H]2Cc3cc(O)ccc3C[C@@H]2OC(=O)OC(C)(C)C)c1OC(=O)OC(C)(C)C. The Morgan fingerprint density at radius 2 is 1.27 bits per heavy atom. The summed E-state index contributed by atoms with van der Waals surface area (Å²) in [5.41, 5.74) is -0.357. The topological polar surface area (TPSA) is 127 Å². The zero-order chi connectivity index (χ0) is 30.8. The third kappa shape index (κ3) is 9.58. The second-order valence-corrected chi connectivity index (χ2v) is 12.9. The molecule has 10 nitrogen and oxygen atoms in total. The fourth-order valence-electron chi connectivity index (χ4n) is 4.29. The van der Waals surface area contributed by atoms with Gasteiger partial charge in [0.05, 0.1) is 0 Å². The van der Waals surface area contributed by atoms with Crippen molar-refractivity contribution in [1.29, 1.82) is 0 Å². The molecule has 2 aromatic carbocycles.